The highest BCUT2D eigenvalue weighted by Crippen LogP contribution is 2.21. The lowest BCUT2D eigenvalue weighted by Crippen LogP contribution is -2.23. The predicted octanol–water partition coefficient (Wildman–Crippen LogP) is 1.61. The number of aryl methyl sites for hydroxylation is 1. The molecular weight excluding hydrogens is 266 g/mol. The lowest BCUT2D eigenvalue weighted by Gasteiger charge is -2.21. The second-order valence-corrected chi connectivity index (χ2v) is 5.38. The maximum absolute atomic E-state index is 9.22. The van der Waals surface area contributed by atoms with Gasteiger partial charge in [0.05, 0.1) is 0 Å². The van der Waals surface area contributed by atoms with Gasteiger partial charge in [-0.1, -0.05) is 19.8 Å². The molecule has 0 aliphatic rings. The third-order valence-corrected chi connectivity index (χ3v) is 3.59. The summed E-state index contributed by atoms with van der Waals surface area (Å²) in [6.45, 7) is 4.91. The van der Waals surface area contributed by atoms with Crippen LogP contribution in [0.15, 0.2) is 0 Å². The van der Waals surface area contributed by atoms with Crippen LogP contribution in [0.3, 0.4) is 0 Å². The Labute approximate surface area is 127 Å². The fourth-order valence-corrected chi connectivity index (χ4v) is 2.40. The van der Waals surface area contributed by atoms with E-state index >= 15 is 0 Å². The molecule has 1 heterocycles. The highest BCUT2D eigenvalue weighted by Gasteiger charge is 2.14. The minimum absolute atomic E-state index is 0.166. The first-order chi connectivity index (χ1) is 10.1. The molecule has 1 rings (SSSR count). The van der Waals surface area contributed by atoms with Crippen LogP contribution in [0.1, 0.15) is 50.3 Å². The minimum Gasteiger partial charge on any atom is -0.396 e. The van der Waals surface area contributed by atoms with Crippen LogP contribution in [0, 0.1) is 6.92 Å². The van der Waals surface area contributed by atoms with Gasteiger partial charge in [0.1, 0.15) is 5.82 Å². The van der Waals surface area contributed by atoms with Gasteiger partial charge in [0.15, 0.2) is 0 Å². The number of nitrogens with one attached hydrogen (secondary N) is 1. The largest absolute Gasteiger partial charge is 0.396 e. The van der Waals surface area contributed by atoms with Crippen LogP contribution in [0.25, 0.3) is 0 Å². The number of nitrogens with two attached hydrogens (primary N) is 2. The summed E-state index contributed by atoms with van der Waals surface area (Å²) < 4.78 is 0. The highest BCUT2D eigenvalue weighted by atomic mass is 16.3. The van der Waals surface area contributed by atoms with Crippen molar-refractivity contribution < 1.29 is 5.11 Å². The molecule has 1 aromatic rings. The summed E-state index contributed by atoms with van der Waals surface area (Å²) >= 11 is 0. The van der Waals surface area contributed by atoms with Crippen molar-refractivity contribution >= 4 is 11.8 Å². The summed E-state index contributed by atoms with van der Waals surface area (Å²) in [5.74, 6) is 1.08. The quantitative estimate of drug-likeness (QED) is 0.522. The van der Waals surface area contributed by atoms with E-state index in [-0.39, 0.29) is 18.6 Å². The highest BCUT2D eigenvalue weighted by molar-refractivity contribution is 5.50. The van der Waals surface area contributed by atoms with Gasteiger partial charge >= 0.3 is 0 Å². The van der Waals surface area contributed by atoms with E-state index in [0.717, 1.165) is 49.2 Å². The molecule has 120 valence electrons. The molecule has 0 saturated heterocycles. The molecule has 0 unspecified atom stereocenters. The zero-order valence-corrected chi connectivity index (χ0v) is 13.2. The average molecular weight is 295 g/mol. The number of anilines is 2. The molecule has 0 aliphatic carbocycles. The topological polar surface area (TPSA) is 110 Å². The molecule has 6 heteroatoms. The number of hydrogen-bond acceptors (Lipinski definition) is 6. The fourth-order valence-electron chi connectivity index (χ4n) is 2.40. The molecule has 0 radical (unpaired) electrons. The Morgan fingerprint density at radius 2 is 2.00 bits per heavy atom. The van der Waals surface area contributed by atoms with Crippen LogP contribution in [-0.4, -0.2) is 34.3 Å². The molecule has 0 aliphatic heterocycles. The summed E-state index contributed by atoms with van der Waals surface area (Å²) in [4.78, 5) is 8.59. The number of rotatable bonds is 10. The van der Waals surface area contributed by atoms with Gasteiger partial charge in [-0.2, -0.15) is 4.98 Å². The number of hydrogen-bond donors (Lipinski definition) is 4. The molecule has 6 nitrogen and oxygen atoms in total. The Morgan fingerprint density at radius 1 is 1.24 bits per heavy atom. The van der Waals surface area contributed by atoms with E-state index in [1.165, 1.54) is 0 Å². The van der Waals surface area contributed by atoms with Gasteiger partial charge in [0.2, 0.25) is 5.95 Å². The molecule has 0 saturated carbocycles. The lowest BCUT2D eigenvalue weighted by molar-refractivity contribution is 0.276. The zero-order chi connectivity index (χ0) is 15.7. The average Bonchev–Trinajstić information content (AvgIpc) is 2.44. The van der Waals surface area contributed by atoms with Crippen molar-refractivity contribution in [3.63, 3.8) is 0 Å². The van der Waals surface area contributed by atoms with E-state index < -0.39 is 0 Å². The van der Waals surface area contributed by atoms with Crippen molar-refractivity contribution in [2.75, 3.05) is 24.2 Å². The van der Waals surface area contributed by atoms with Gasteiger partial charge in [-0.25, -0.2) is 4.98 Å². The Balaban J connectivity index is 2.91. The van der Waals surface area contributed by atoms with E-state index in [2.05, 4.69) is 22.2 Å². The second-order valence-electron chi connectivity index (χ2n) is 5.38. The number of unbranched alkanes of at least 4 members (excludes halogenated alkanes) is 1. The van der Waals surface area contributed by atoms with Gasteiger partial charge in [-0.05, 0) is 39.2 Å². The maximum Gasteiger partial charge on any atom is 0.222 e. The molecule has 0 fully saturated rings. The normalized spacial score (nSPS) is 12.4. The van der Waals surface area contributed by atoms with Crippen LogP contribution in [-0.2, 0) is 6.42 Å². The van der Waals surface area contributed by atoms with Crippen molar-refractivity contribution in [3.05, 3.63) is 11.3 Å². The van der Waals surface area contributed by atoms with Gasteiger partial charge in [0.25, 0.3) is 0 Å². The third kappa shape index (κ3) is 5.85. The summed E-state index contributed by atoms with van der Waals surface area (Å²) in [5, 5.41) is 12.7. The van der Waals surface area contributed by atoms with E-state index in [1.54, 1.807) is 0 Å². The van der Waals surface area contributed by atoms with Crippen LogP contribution >= 0.6 is 0 Å². The monoisotopic (exact) mass is 295 g/mol. The number of aromatic nitrogens is 2. The summed E-state index contributed by atoms with van der Waals surface area (Å²) in [7, 11) is 0. The first-order valence-corrected chi connectivity index (χ1v) is 7.82. The lowest BCUT2D eigenvalue weighted by atomic mass is 10.0. The Kier molecular flexibility index (Phi) is 8.00. The third-order valence-electron chi connectivity index (χ3n) is 3.59. The van der Waals surface area contributed by atoms with Crippen molar-refractivity contribution in [2.45, 2.75) is 58.4 Å². The second kappa shape index (κ2) is 9.52. The van der Waals surface area contributed by atoms with Gasteiger partial charge < -0.3 is 21.9 Å². The Bertz CT molecular complexity index is 425. The number of aliphatic hydroxyl groups is 1. The first-order valence-electron chi connectivity index (χ1n) is 7.82. The zero-order valence-electron chi connectivity index (χ0n) is 13.2. The molecule has 0 amide bonds. The van der Waals surface area contributed by atoms with Gasteiger partial charge in [-0.3, -0.25) is 0 Å². The van der Waals surface area contributed by atoms with Crippen molar-refractivity contribution in [2.24, 2.45) is 5.73 Å². The number of aliphatic hydroxyl groups excluding tert-OH is 1. The summed E-state index contributed by atoms with van der Waals surface area (Å²) in [6, 6.07) is 0.209. The summed E-state index contributed by atoms with van der Waals surface area (Å²) in [5.41, 5.74) is 13.4. The molecule has 6 N–H and O–H groups in total. The van der Waals surface area contributed by atoms with E-state index in [9.17, 15) is 5.11 Å². The van der Waals surface area contributed by atoms with Crippen LogP contribution in [0.4, 0.5) is 11.8 Å². The molecular formula is C15H29N5O. The van der Waals surface area contributed by atoms with Crippen LogP contribution < -0.4 is 16.8 Å². The fraction of sp³-hybridized carbons (Fsp3) is 0.733. The van der Waals surface area contributed by atoms with Gasteiger partial charge in [-0.15, -0.1) is 0 Å². The van der Waals surface area contributed by atoms with Crippen molar-refractivity contribution in [3.8, 4) is 0 Å². The minimum atomic E-state index is 0.166. The van der Waals surface area contributed by atoms with Crippen molar-refractivity contribution in [1.82, 2.24) is 9.97 Å². The smallest absolute Gasteiger partial charge is 0.222 e. The number of nitrogens with zero attached hydrogens (tertiary/aromatic N) is 2. The number of nitrogen functional groups attached to an aromatic ring is 1. The van der Waals surface area contributed by atoms with E-state index in [4.69, 9.17) is 11.5 Å². The Morgan fingerprint density at radius 3 is 2.62 bits per heavy atom. The first kappa shape index (κ1) is 17.7. The SMILES string of the molecule is CCCC[C@@H](CCO)Nc1nc(N)nc(C)c1CCCN. The molecule has 0 spiro atoms. The van der Waals surface area contributed by atoms with Crippen molar-refractivity contribution in [1.29, 1.82) is 0 Å². The molecule has 0 aromatic carbocycles. The summed E-state index contributed by atoms with van der Waals surface area (Å²) in [6.07, 6.45) is 5.70. The molecule has 1 aromatic heterocycles. The molecule has 21 heavy (non-hydrogen) atoms. The molecule has 1 atom stereocenters. The van der Waals surface area contributed by atoms with Crippen LogP contribution in [0.5, 0.6) is 0 Å². The standard InChI is InChI=1S/C15H29N5O/c1-3-4-6-12(8-10-21)19-14-13(7-5-9-16)11(2)18-15(17)20-14/h12,21H,3-10,16H2,1-2H3,(H3,17,18,19,20)/t12-/m0/s1. The predicted molar refractivity (Wildman–Crippen MR) is 87.2 cm³/mol. The van der Waals surface area contributed by atoms with E-state index in [1.807, 2.05) is 6.92 Å². The van der Waals surface area contributed by atoms with Crippen LogP contribution in [0.2, 0.25) is 0 Å². The van der Waals surface area contributed by atoms with Gasteiger partial charge in [0, 0.05) is 23.9 Å². The maximum atomic E-state index is 9.22. The Hall–Kier alpha value is -1.40. The van der Waals surface area contributed by atoms with E-state index in [0.29, 0.717) is 13.0 Å². The molecule has 0 bridgehead atoms.